The second kappa shape index (κ2) is 7.09. The van der Waals surface area contributed by atoms with Gasteiger partial charge in [0.1, 0.15) is 5.76 Å². The topological polar surface area (TPSA) is 19.6 Å². The van der Waals surface area contributed by atoms with Crippen molar-refractivity contribution in [1.29, 1.82) is 0 Å². The lowest BCUT2D eigenvalue weighted by Crippen LogP contribution is -2.55. The Morgan fingerprint density at radius 3 is 2.85 bits per heavy atom. The molecule has 2 heterocycles. The summed E-state index contributed by atoms with van der Waals surface area (Å²) in [6, 6.07) is 5.30. The highest BCUT2D eigenvalue weighted by atomic mass is 16.3. The molecule has 1 saturated heterocycles. The average Bonchev–Trinajstić information content (AvgIpc) is 2.90. The van der Waals surface area contributed by atoms with Gasteiger partial charge < -0.3 is 4.42 Å². The van der Waals surface area contributed by atoms with E-state index in [2.05, 4.69) is 43.6 Å². The Kier molecular flexibility index (Phi) is 5.44. The number of hydrogen-bond acceptors (Lipinski definition) is 3. The van der Waals surface area contributed by atoms with Crippen LogP contribution in [-0.4, -0.2) is 48.1 Å². The van der Waals surface area contributed by atoms with Gasteiger partial charge >= 0.3 is 0 Å². The van der Waals surface area contributed by atoms with Crippen LogP contribution in [-0.2, 0) is 0 Å². The summed E-state index contributed by atoms with van der Waals surface area (Å²) in [5, 5.41) is 0. The van der Waals surface area contributed by atoms with Crippen molar-refractivity contribution in [1.82, 2.24) is 9.80 Å². The average molecular weight is 276 g/mol. The Morgan fingerprint density at radius 2 is 2.25 bits per heavy atom. The SMILES string of the molecule is CC[C@H]1CN(C/C(C)=C/c2ccco2)CCN1C(C)C. The summed E-state index contributed by atoms with van der Waals surface area (Å²) in [6.07, 6.45) is 5.11. The van der Waals surface area contributed by atoms with E-state index in [0.717, 1.165) is 18.8 Å². The normalized spacial score (nSPS) is 22.6. The summed E-state index contributed by atoms with van der Waals surface area (Å²) in [4.78, 5) is 5.21. The molecule has 20 heavy (non-hydrogen) atoms. The first kappa shape index (κ1) is 15.3. The lowest BCUT2D eigenvalue weighted by Gasteiger charge is -2.43. The second-order valence-corrected chi connectivity index (χ2v) is 6.13. The van der Waals surface area contributed by atoms with Crippen LogP contribution in [0.3, 0.4) is 0 Å². The molecule has 1 aromatic rings. The first-order chi connectivity index (χ1) is 9.60. The van der Waals surface area contributed by atoms with E-state index in [0.29, 0.717) is 12.1 Å². The van der Waals surface area contributed by atoms with E-state index in [1.165, 1.54) is 25.1 Å². The summed E-state index contributed by atoms with van der Waals surface area (Å²) >= 11 is 0. The largest absolute Gasteiger partial charge is 0.465 e. The van der Waals surface area contributed by atoms with Crippen LogP contribution in [0.4, 0.5) is 0 Å². The minimum atomic E-state index is 0.654. The molecule has 0 N–H and O–H groups in total. The Labute approximate surface area is 123 Å². The molecule has 0 spiro atoms. The molecule has 1 atom stereocenters. The maximum atomic E-state index is 5.38. The quantitative estimate of drug-likeness (QED) is 0.821. The summed E-state index contributed by atoms with van der Waals surface area (Å²) in [6.45, 7) is 13.7. The number of rotatable bonds is 5. The summed E-state index contributed by atoms with van der Waals surface area (Å²) in [5.41, 5.74) is 1.37. The fraction of sp³-hybridized carbons (Fsp3) is 0.647. The number of hydrogen-bond donors (Lipinski definition) is 0. The van der Waals surface area contributed by atoms with Crippen molar-refractivity contribution >= 4 is 6.08 Å². The van der Waals surface area contributed by atoms with E-state index >= 15 is 0 Å². The van der Waals surface area contributed by atoms with Gasteiger partial charge in [0.2, 0.25) is 0 Å². The zero-order valence-corrected chi connectivity index (χ0v) is 13.3. The second-order valence-electron chi connectivity index (χ2n) is 6.13. The van der Waals surface area contributed by atoms with Crippen LogP contribution in [0.1, 0.15) is 39.9 Å². The Morgan fingerprint density at radius 1 is 1.45 bits per heavy atom. The lowest BCUT2D eigenvalue weighted by atomic mass is 10.1. The van der Waals surface area contributed by atoms with Crippen molar-refractivity contribution < 1.29 is 4.42 Å². The summed E-state index contributed by atoms with van der Waals surface area (Å²) in [7, 11) is 0. The van der Waals surface area contributed by atoms with E-state index in [9.17, 15) is 0 Å². The molecule has 3 heteroatoms. The van der Waals surface area contributed by atoms with Gasteiger partial charge in [-0.15, -0.1) is 0 Å². The van der Waals surface area contributed by atoms with Gasteiger partial charge in [0.15, 0.2) is 0 Å². The van der Waals surface area contributed by atoms with Gasteiger partial charge in [0, 0.05) is 38.3 Å². The van der Waals surface area contributed by atoms with Crippen LogP contribution in [0.25, 0.3) is 6.08 Å². The van der Waals surface area contributed by atoms with Crippen LogP contribution < -0.4 is 0 Å². The highest BCUT2D eigenvalue weighted by molar-refractivity contribution is 5.46. The fourth-order valence-corrected chi connectivity index (χ4v) is 3.14. The number of furan rings is 1. The minimum absolute atomic E-state index is 0.654. The van der Waals surface area contributed by atoms with Crippen LogP contribution >= 0.6 is 0 Å². The third kappa shape index (κ3) is 3.97. The van der Waals surface area contributed by atoms with Crippen LogP contribution in [0.15, 0.2) is 28.4 Å². The first-order valence-electron chi connectivity index (χ1n) is 7.79. The van der Waals surface area contributed by atoms with Crippen LogP contribution in [0, 0.1) is 0 Å². The molecule has 2 rings (SSSR count). The standard InChI is InChI=1S/C17H28N2O/c1-5-16-13-18(8-9-19(16)14(2)3)12-15(4)11-17-7-6-10-20-17/h6-7,10-11,14,16H,5,8-9,12-13H2,1-4H3/b15-11+/t16-/m0/s1. The van der Waals surface area contributed by atoms with Crippen molar-refractivity contribution in [2.24, 2.45) is 0 Å². The zero-order chi connectivity index (χ0) is 14.5. The van der Waals surface area contributed by atoms with Gasteiger partial charge in [-0.1, -0.05) is 12.5 Å². The monoisotopic (exact) mass is 276 g/mol. The molecule has 1 aliphatic rings. The predicted molar refractivity (Wildman–Crippen MR) is 84.7 cm³/mol. The fourth-order valence-electron chi connectivity index (χ4n) is 3.14. The molecule has 0 radical (unpaired) electrons. The van der Waals surface area contributed by atoms with Gasteiger partial charge in [-0.2, -0.15) is 0 Å². The van der Waals surface area contributed by atoms with E-state index in [1.54, 1.807) is 6.26 Å². The highest BCUT2D eigenvalue weighted by Crippen LogP contribution is 2.17. The Balaban J connectivity index is 1.91. The van der Waals surface area contributed by atoms with E-state index in [4.69, 9.17) is 4.42 Å². The molecule has 0 aliphatic carbocycles. The molecule has 112 valence electrons. The van der Waals surface area contributed by atoms with Gasteiger partial charge in [-0.25, -0.2) is 0 Å². The van der Waals surface area contributed by atoms with Crippen molar-refractivity contribution in [2.75, 3.05) is 26.2 Å². The van der Waals surface area contributed by atoms with Gasteiger partial charge in [0.25, 0.3) is 0 Å². The van der Waals surface area contributed by atoms with Crippen molar-refractivity contribution in [3.05, 3.63) is 29.7 Å². The molecular weight excluding hydrogens is 248 g/mol. The predicted octanol–water partition coefficient (Wildman–Crippen LogP) is 3.49. The van der Waals surface area contributed by atoms with Crippen molar-refractivity contribution in [2.45, 2.75) is 46.2 Å². The Bertz CT molecular complexity index is 422. The third-order valence-corrected chi connectivity index (χ3v) is 4.15. The summed E-state index contributed by atoms with van der Waals surface area (Å²) < 4.78 is 5.38. The molecule has 1 fully saturated rings. The van der Waals surface area contributed by atoms with E-state index in [1.807, 2.05) is 12.1 Å². The van der Waals surface area contributed by atoms with Crippen molar-refractivity contribution in [3.8, 4) is 0 Å². The maximum absolute atomic E-state index is 5.38. The zero-order valence-electron chi connectivity index (χ0n) is 13.3. The molecule has 3 nitrogen and oxygen atoms in total. The first-order valence-corrected chi connectivity index (χ1v) is 7.79. The smallest absolute Gasteiger partial charge is 0.126 e. The summed E-state index contributed by atoms with van der Waals surface area (Å²) in [5.74, 6) is 0.954. The van der Waals surface area contributed by atoms with Gasteiger partial charge in [0.05, 0.1) is 6.26 Å². The maximum Gasteiger partial charge on any atom is 0.126 e. The molecule has 1 aliphatic heterocycles. The number of nitrogens with zero attached hydrogens (tertiary/aromatic N) is 2. The van der Waals surface area contributed by atoms with E-state index in [-0.39, 0.29) is 0 Å². The molecule has 0 bridgehead atoms. The molecule has 0 saturated carbocycles. The third-order valence-electron chi connectivity index (χ3n) is 4.15. The highest BCUT2D eigenvalue weighted by Gasteiger charge is 2.27. The van der Waals surface area contributed by atoms with Crippen LogP contribution in [0.2, 0.25) is 0 Å². The molecule has 0 unspecified atom stereocenters. The van der Waals surface area contributed by atoms with Crippen molar-refractivity contribution in [3.63, 3.8) is 0 Å². The van der Waals surface area contributed by atoms with Gasteiger partial charge in [-0.3, -0.25) is 9.80 Å². The van der Waals surface area contributed by atoms with E-state index < -0.39 is 0 Å². The molecule has 0 aromatic carbocycles. The lowest BCUT2D eigenvalue weighted by molar-refractivity contribution is 0.0541. The number of piperazine rings is 1. The molecule has 1 aromatic heterocycles. The minimum Gasteiger partial charge on any atom is -0.465 e. The van der Waals surface area contributed by atoms with Crippen LogP contribution in [0.5, 0.6) is 0 Å². The molecule has 0 amide bonds. The Hall–Kier alpha value is -1.06. The molecular formula is C17H28N2O. The van der Waals surface area contributed by atoms with Gasteiger partial charge in [-0.05, 0) is 45.4 Å².